The van der Waals surface area contributed by atoms with Crippen LogP contribution in [0.4, 0.5) is 0 Å². The first-order valence-corrected chi connectivity index (χ1v) is 5.81. The molecule has 86 valence electrons. The van der Waals surface area contributed by atoms with Crippen molar-refractivity contribution in [2.45, 2.75) is 39.8 Å². The van der Waals surface area contributed by atoms with Crippen LogP contribution in [0.2, 0.25) is 0 Å². The number of aryl methyl sites for hydroxylation is 1. The number of aliphatic hydroxyl groups excluding tert-OH is 1. The summed E-state index contributed by atoms with van der Waals surface area (Å²) in [5.41, 5.74) is 3.48. The second-order valence-electron chi connectivity index (χ2n) is 4.71. The molecule has 0 radical (unpaired) electrons. The predicted molar refractivity (Wildman–Crippen MR) is 67.7 cm³/mol. The molecule has 0 saturated heterocycles. The fraction of sp³-hybridized carbons (Fsp3) is 0.429. The number of nitrogens with zero attached hydrogens (tertiary/aromatic N) is 1. The first-order valence-electron chi connectivity index (χ1n) is 5.81. The van der Waals surface area contributed by atoms with Gasteiger partial charge in [-0.3, -0.25) is 0 Å². The maximum atomic E-state index is 9.75. The highest BCUT2D eigenvalue weighted by atomic mass is 16.3. The van der Waals surface area contributed by atoms with Gasteiger partial charge < -0.3 is 9.67 Å². The Balaban J connectivity index is 2.78. The molecule has 0 aliphatic carbocycles. The lowest BCUT2D eigenvalue weighted by Crippen LogP contribution is -2.02. The van der Waals surface area contributed by atoms with Gasteiger partial charge in [0, 0.05) is 22.6 Å². The summed E-state index contributed by atoms with van der Waals surface area (Å²) in [4.78, 5) is 0. The lowest BCUT2D eigenvalue weighted by atomic mass is 10.1. The summed E-state index contributed by atoms with van der Waals surface area (Å²) in [6.07, 6.45) is -0.411. The number of fused-ring (bicyclic) bond motifs is 1. The quantitative estimate of drug-likeness (QED) is 0.817. The second-order valence-corrected chi connectivity index (χ2v) is 4.71. The summed E-state index contributed by atoms with van der Waals surface area (Å²) < 4.78 is 2.31. The van der Waals surface area contributed by atoms with Gasteiger partial charge in [-0.05, 0) is 45.4 Å². The Labute approximate surface area is 96.5 Å². The van der Waals surface area contributed by atoms with Crippen LogP contribution in [0.1, 0.15) is 44.2 Å². The molecule has 0 spiro atoms. The third kappa shape index (κ3) is 1.63. The summed E-state index contributed by atoms with van der Waals surface area (Å²) >= 11 is 0. The van der Waals surface area contributed by atoms with E-state index >= 15 is 0 Å². The molecule has 2 aromatic rings. The van der Waals surface area contributed by atoms with Crippen LogP contribution in [-0.2, 0) is 0 Å². The van der Waals surface area contributed by atoms with E-state index < -0.39 is 6.10 Å². The van der Waals surface area contributed by atoms with Gasteiger partial charge in [-0.1, -0.05) is 12.1 Å². The Morgan fingerprint density at radius 3 is 2.44 bits per heavy atom. The molecule has 1 atom stereocenters. The zero-order chi connectivity index (χ0) is 11.9. The minimum Gasteiger partial charge on any atom is -0.389 e. The van der Waals surface area contributed by atoms with Crippen LogP contribution in [0.25, 0.3) is 10.9 Å². The fourth-order valence-electron chi connectivity index (χ4n) is 2.46. The molecule has 2 rings (SSSR count). The maximum Gasteiger partial charge on any atom is 0.0768 e. The largest absolute Gasteiger partial charge is 0.389 e. The van der Waals surface area contributed by atoms with Gasteiger partial charge in [0.25, 0.3) is 0 Å². The Morgan fingerprint density at radius 2 is 1.88 bits per heavy atom. The maximum absolute atomic E-state index is 9.75. The first kappa shape index (κ1) is 11.2. The van der Waals surface area contributed by atoms with Gasteiger partial charge >= 0.3 is 0 Å². The number of hydrogen-bond donors (Lipinski definition) is 1. The first-order chi connectivity index (χ1) is 7.52. The molecule has 0 fully saturated rings. The zero-order valence-electron chi connectivity index (χ0n) is 10.4. The van der Waals surface area contributed by atoms with Crippen LogP contribution in [0.15, 0.2) is 24.3 Å². The van der Waals surface area contributed by atoms with Crippen molar-refractivity contribution in [1.29, 1.82) is 0 Å². The molecule has 0 aliphatic rings. The van der Waals surface area contributed by atoms with E-state index in [1.165, 1.54) is 16.6 Å². The predicted octanol–water partition coefficient (Wildman–Crippen LogP) is 3.58. The van der Waals surface area contributed by atoms with Crippen molar-refractivity contribution in [1.82, 2.24) is 4.57 Å². The minimum atomic E-state index is -0.411. The van der Waals surface area contributed by atoms with Crippen LogP contribution in [0.5, 0.6) is 0 Å². The van der Waals surface area contributed by atoms with Crippen LogP contribution in [-0.4, -0.2) is 9.67 Å². The van der Waals surface area contributed by atoms with Gasteiger partial charge in [-0.25, -0.2) is 0 Å². The normalized spacial score (nSPS) is 13.6. The van der Waals surface area contributed by atoms with Gasteiger partial charge in [0.1, 0.15) is 0 Å². The molecule has 2 heteroatoms. The lowest BCUT2D eigenvalue weighted by Gasteiger charge is -2.13. The summed E-state index contributed by atoms with van der Waals surface area (Å²) in [6.45, 7) is 8.30. The van der Waals surface area contributed by atoms with E-state index in [9.17, 15) is 5.11 Å². The SMILES string of the molecule is Cc1cc2c(C(C)O)cccc2n1C(C)C. The van der Waals surface area contributed by atoms with Gasteiger partial charge in [-0.2, -0.15) is 0 Å². The number of hydrogen-bond acceptors (Lipinski definition) is 1. The molecule has 1 unspecified atom stereocenters. The monoisotopic (exact) mass is 217 g/mol. The van der Waals surface area contributed by atoms with E-state index in [4.69, 9.17) is 0 Å². The van der Waals surface area contributed by atoms with Crippen LogP contribution in [0, 0.1) is 6.92 Å². The van der Waals surface area contributed by atoms with Crippen molar-refractivity contribution in [3.05, 3.63) is 35.5 Å². The lowest BCUT2D eigenvalue weighted by molar-refractivity contribution is 0.201. The van der Waals surface area contributed by atoms with E-state index in [0.29, 0.717) is 6.04 Å². The summed E-state index contributed by atoms with van der Waals surface area (Å²) in [7, 11) is 0. The van der Waals surface area contributed by atoms with E-state index in [2.05, 4.69) is 37.5 Å². The molecule has 2 nitrogen and oxygen atoms in total. The topological polar surface area (TPSA) is 25.2 Å². The number of aliphatic hydroxyl groups is 1. The van der Waals surface area contributed by atoms with Gasteiger partial charge in [0.05, 0.1) is 6.10 Å². The van der Waals surface area contributed by atoms with Gasteiger partial charge in [0.15, 0.2) is 0 Å². The molecule has 0 saturated carbocycles. The third-order valence-electron chi connectivity index (χ3n) is 3.08. The van der Waals surface area contributed by atoms with Crippen molar-refractivity contribution < 1.29 is 5.11 Å². The van der Waals surface area contributed by atoms with E-state index in [0.717, 1.165) is 5.56 Å². The Hall–Kier alpha value is -1.28. The van der Waals surface area contributed by atoms with Crippen molar-refractivity contribution in [2.24, 2.45) is 0 Å². The molecule has 1 N–H and O–H groups in total. The third-order valence-corrected chi connectivity index (χ3v) is 3.08. The van der Waals surface area contributed by atoms with E-state index in [1.807, 2.05) is 19.1 Å². The summed E-state index contributed by atoms with van der Waals surface area (Å²) in [6, 6.07) is 8.74. The average Bonchev–Trinajstić information content (AvgIpc) is 2.52. The highest BCUT2D eigenvalue weighted by Crippen LogP contribution is 2.29. The van der Waals surface area contributed by atoms with Crippen LogP contribution in [0.3, 0.4) is 0 Å². The second kappa shape index (κ2) is 3.95. The van der Waals surface area contributed by atoms with Crippen molar-refractivity contribution in [2.75, 3.05) is 0 Å². The van der Waals surface area contributed by atoms with E-state index in [1.54, 1.807) is 0 Å². The summed E-state index contributed by atoms with van der Waals surface area (Å²) in [5.74, 6) is 0. The van der Waals surface area contributed by atoms with Crippen LogP contribution < -0.4 is 0 Å². The zero-order valence-corrected chi connectivity index (χ0v) is 10.4. The van der Waals surface area contributed by atoms with Crippen LogP contribution >= 0.6 is 0 Å². The Morgan fingerprint density at radius 1 is 1.19 bits per heavy atom. The van der Waals surface area contributed by atoms with Crippen molar-refractivity contribution >= 4 is 10.9 Å². The molecule has 1 aromatic heterocycles. The Kier molecular flexibility index (Phi) is 2.76. The summed E-state index contributed by atoms with van der Waals surface area (Å²) in [5, 5.41) is 10.9. The molecule has 0 bridgehead atoms. The molecule has 1 aromatic carbocycles. The molecule has 0 aliphatic heterocycles. The molecular formula is C14H19NO. The van der Waals surface area contributed by atoms with Crippen molar-refractivity contribution in [3.63, 3.8) is 0 Å². The number of benzene rings is 1. The number of rotatable bonds is 2. The fourth-order valence-corrected chi connectivity index (χ4v) is 2.46. The standard InChI is InChI=1S/C14H19NO/c1-9(2)15-10(3)8-13-12(11(4)16)6-5-7-14(13)15/h5-9,11,16H,1-4H3. The smallest absolute Gasteiger partial charge is 0.0768 e. The van der Waals surface area contributed by atoms with Gasteiger partial charge in [-0.15, -0.1) is 0 Å². The minimum absolute atomic E-state index is 0.411. The highest BCUT2D eigenvalue weighted by Gasteiger charge is 2.13. The molecular weight excluding hydrogens is 198 g/mol. The highest BCUT2D eigenvalue weighted by molar-refractivity contribution is 5.85. The molecule has 1 heterocycles. The van der Waals surface area contributed by atoms with Gasteiger partial charge in [0.2, 0.25) is 0 Å². The molecule has 16 heavy (non-hydrogen) atoms. The molecule has 0 amide bonds. The number of aromatic nitrogens is 1. The Bertz CT molecular complexity index is 509. The van der Waals surface area contributed by atoms with E-state index in [-0.39, 0.29) is 0 Å². The van der Waals surface area contributed by atoms with Crippen molar-refractivity contribution in [3.8, 4) is 0 Å². The average molecular weight is 217 g/mol.